The molecule has 5 heteroatoms. The maximum Gasteiger partial charge on any atom is 0.137 e. The molecule has 5 nitrogen and oxygen atoms in total. The zero-order valence-electron chi connectivity index (χ0n) is 16.7. The lowest BCUT2D eigenvalue weighted by molar-refractivity contribution is -0.954. The molecular formula is C23H31N2O3+. The van der Waals surface area contributed by atoms with E-state index in [9.17, 15) is 10.2 Å². The first kappa shape index (κ1) is 20.4. The Balaban J connectivity index is 1.49. The van der Waals surface area contributed by atoms with Crippen LogP contribution in [0.15, 0.2) is 53.5 Å². The number of para-hydroxylation sites is 1. The van der Waals surface area contributed by atoms with E-state index in [2.05, 4.69) is 18.8 Å². The van der Waals surface area contributed by atoms with E-state index in [0.717, 1.165) is 18.0 Å². The first-order chi connectivity index (χ1) is 13.5. The van der Waals surface area contributed by atoms with Crippen molar-refractivity contribution in [2.24, 2.45) is 4.99 Å². The molecule has 1 aliphatic rings. The normalized spacial score (nSPS) is 21.7. The number of hydrogen-bond acceptors (Lipinski definition) is 4. The molecule has 0 aromatic heterocycles. The number of phenols is 1. The molecule has 2 aromatic rings. The topological polar surface area (TPSA) is 66.5 Å². The Labute approximate surface area is 167 Å². The molecule has 1 saturated heterocycles. The number of aliphatic hydroxyl groups is 1. The number of phenolic OH excluding ortho intramolecular Hbond substituents is 1. The van der Waals surface area contributed by atoms with Crippen molar-refractivity contribution in [3.05, 3.63) is 54.1 Å². The summed E-state index contributed by atoms with van der Waals surface area (Å²) in [4.78, 5) is 5.86. The molecule has 28 heavy (non-hydrogen) atoms. The van der Waals surface area contributed by atoms with Crippen LogP contribution < -0.4 is 9.64 Å². The highest BCUT2D eigenvalue weighted by Crippen LogP contribution is 2.20. The van der Waals surface area contributed by atoms with Gasteiger partial charge in [0.2, 0.25) is 0 Å². The fourth-order valence-electron chi connectivity index (χ4n) is 3.88. The number of ether oxygens (including phenoxy) is 1. The Bertz CT molecular complexity index is 766. The number of benzene rings is 2. The van der Waals surface area contributed by atoms with Crippen LogP contribution in [0.4, 0.5) is 5.69 Å². The average Bonchev–Trinajstić information content (AvgIpc) is 2.69. The van der Waals surface area contributed by atoms with Gasteiger partial charge in [0.15, 0.2) is 0 Å². The predicted molar refractivity (Wildman–Crippen MR) is 112 cm³/mol. The summed E-state index contributed by atoms with van der Waals surface area (Å²) < 4.78 is 5.76. The minimum Gasteiger partial charge on any atom is -0.507 e. The van der Waals surface area contributed by atoms with Gasteiger partial charge in [-0.25, -0.2) is 0 Å². The third-order valence-corrected chi connectivity index (χ3v) is 5.58. The number of nitrogens with one attached hydrogen (secondary N) is 1. The fraction of sp³-hybridized carbons (Fsp3) is 0.435. The van der Waals surface area contributed by atoms with Crippen LogP contribution in [0.3, 0.4) is 0 Å². The van der Waals surface area contributed by atoms with Gasteiger partial charge in [-0.05, 0) is 69.5 Å². The van der Waals surface area contributed by atoms with Crippen LogP contribution in [0.1, 0.15) is 38.7 Å². The van der Waals surface area contributed by atoms with Crippen LogP contribution >= 0.6 is 0 Å². The molecule has 2 aromatic carbocycles. The van der Waals surface area contributed by atoms with Crippen molar-refractivity contribution in [1.82, 2.24) is 0 Å². The van der Waals surface area contributed by atoms with Crippen LogP contribution in [-0.4, -0.2) is 47.8 Å². The Morgan fingerprint density at radius 1 is 1.11 bits per heavy atom. The van der Waals surface area contributed by atoms with Gasteiger partial charge in [-0.3, -0.25) is 4.99 Å². The molecule has 1 heterocycles. The first-order valence-electron chi connectivity index (χ1n) is 10.1. The summed E-state index contributed by atoms with van der Waals surface area (Å²) in [6, 6.07) is 15.7. The number of aromatic hydroxyl groups is 1. The van der Waals surface area contributed by atoms with Gasteiger partial charge in [-0.2, -0.15) is 0 Å². The van der Waals surface area contributed by atoms with Crippen molar-refractivity contribution in [3.8, 4) is 11.5 Å². The lowest BCUT2D eigenvalue weighted by Crippen LogP contribution is -3.20. The quantitative estimate of drug-likeness (QED) is 0.644. The predicted octanol–water partition coefficient (Wildman–Crippen LogP) is 2.73. The molecule has 0 radical (unpaired) electrons. The molecule has 1 fully saturated rings. The highest BCUT2D eigenvalue weighted by atomic mass is 16.5. The number of quaternary nitrogens is 1. The van der Waals surface area contributed by atoms with E-state index in [1.807, 2.05) is 36.4 Å². The van der Waals surface area contributed by atoms with Gasteiger partial charge in [0.25, 0.3) is 0 Å². The van der Waals surface area contributed by atoms with Crippen molar-refractivity contribution < 1.29 is 19.8 Å². The maximum absolute atomic E-state index is 10.4. The fourth-order valence-corrected chi connectivity index (χ4v) is 3.88. The molecule has 1 aliphatic heterocycles. The molecule has 0 saturated carbocycles. The van der Waals surface area contributed by atoms with Gasteiger partial charge in [0, 0.05) is 11.8 Å². The van der Waals surface area contributed by atoms with Crippen LogP contribution in [0, 0.1) is 0 Å². The summed E-state index contributed by atoms with van der Waals surface area (Å²) in [5.74, 6) is 0.926. The van der Waals surface area contributed by atoms with E-state index in [-0.39, 0.29) is 5.75 Å². The zero-order valence-corrected chi connectivity index (χ0v) is 16.7. The molecule has 0 amide bonds. The molecule has 3 rings (SSSR count). The second-order valence-electron chi connectivity index (χ2n) is 7.79. The number of piperidine rings is 1. The van der Waals surface area contributed by atoms with Gasteiger partial charge < -0.3 is 19.8 Å². The van der Waals surface area contributed by atoms with E-state index in [0.29, 0.717) is 24.3 Å². The molecule has 150 valence electrons. The average molecular weight is 384 g/mol. The standard InChI is InChI=1S/C23H30N2O3/c1-17-6-5-7-18(2)25(17)15-21(26)16-28-22-12-10-20(11-13-22)24-14-19-8-3-4-9-23(19)27/h3-4,8-14,17-18,21,26-27H,5-7,15-16H2,1-2H3/p+1/t17-,18-,21+/m1/s1. The number of likely N-dealkylation sites (tertiary alicyclic amines) is 1. The highest BCUT2D eigenvalue weighted by molar-refractivity contribution is 5.85. The minimum absolute atomic E-state index is 0.208. The minimum atomic E-state index is -0.475. The number of aliphatic imine (C=N–C) groups is 1. The van der Waals surface area contributed by atoms with E-state index in [1.54, 1.807) is 18.3 Å². The van der Waals surface area contributed by atoms with E-state index in [1.165, 1.54) is 24.2 Å². The Kier molecular flexibility index (Phi) is 7.06. The van der Waals surface area contributed by atoms with E-state index in [4.69, 9.17) is 4.74 Å². The summed E-state index contributed by atoms with van der Waals surface area (Å²) >= 11 is 0. The summed E-state index contributed by atoms with van der Waals surface area (Å²) in [7, 11) is 0. The van der Waals surface area contributed by atoms with Gasteiger partial charge in [-0.15, -0.1) is 0 Å². The number of aliphatic hydroxyl groups excluding tert-OH is 1. The molecule has 0 bridgehead atoms. The van der Waals surface area contributed by atoms with Crippen molar-refractivity contribution in [2.75, 3.05) is 13.2 Å². The molecule has 3 atom stereocenters. The smallest absolute Gasteiger partial charge is 0.137 e. The van der Waals surface area contributed by atoms with Gasteiger partial charge >= 0.3 is 0 Å². The van der Waals surface area contributed by atoms with Crippen molar-refractivity contribution in [2.45, 2.75) is 51.3 Å². The zero-order chi connectivity index (χ0) is 19.9. The van der Waals surface area contributed by atoms with Gasteiger partial charge in [0.1, 0.15) is 30.8 Å². The highest BCUT2D eigenvalue weighted by Gasteiger charge is 2.30. The first-order valence-corrected chi connectivity index (χ1v) is 10.1. The number of hydrogen-bond donors (Lipinski definition) is 3. The second kappa shape index (κ2) is 9.71. The largest absolute Gasteiger partial charge is 0.507 e. The number of nitrogens with zero attached hydrogens (tertiary/aromatic N) is 1. The lowest BCUT2D eigenvalue weighted by Gasteiger charge is -2.36. The summed E-state index contributed by atoms with van der Waals surface area (Å²) in [6.45, 7) is 5.56. The van der Waals surface area contributed by atoms with E-state index >= 15 is 0 Å². The molecular weight excluding hydrogens is 352 g/mol. The van der Waals surface area contributed by atoms with E-state index < -0.39 is 6.10 Å². The summed E-state index contributed by atoms with van der Waals surface area (Å²) in [5, 5.41) is 20.2. The van der Waals surface area contributed by atoms with Gasteiger partial charge in [0.05, 0.1) is 17.8 Å². The molecule has 3 N–H and O–H groups in total. The molecule has 0 unspecified atom stereocenters. The Morgan fingerprint density at radius 3 is 2.46 bits per heavy atom. The third kappa shape index (κ3) is 5.57. The van der Waals surface area contributed by atoms with Crippen molar-refractivity contribution in [3.63, 3.8) is 0 Å². The van der Waals surface area contributed by atoms with Crippen LogP contribution in [0.25, 0.3) is 0 Å². The van der Waals surface area contributed by atoms with Crippen molar-refractivity contribution >= 4 is 11.9 Å². The Hall–Kier alpha value is -2.37. The maximum atomic E-state index is 10.4. The van der Waals surface area contributed by atoms with Crippen LogP contribution in [0.5, 0.6) is 11.5 Å². The monoisotopic (exact) mass is 383 g/mol. The number of rotatable bonds is 7. The van der Waals surface area contributed by atoms with Gasteiger partial charge in [-0.1, -0.05) is 12.1 Å². The van der Waals surface area contributed by atoms with Crippen LogP contribution in [0.2, 0.25) is 0 Å². The van der Waals surface area contributed by atoms with Crippen molar-refractivity contribution in [1.29, 1.82) is 0 Å². The second-order valence-corrected chi connectivity index (χ2v) is 7.79. The SMILES string of the molecule is C[C@@H]1CCC[C@@H](C)[NH+]1C[C@H](O)COc1ccc(N=Cc2ccccc2O)cc1. The third-order valence-electron chi connectivity index (χ3n) is 5.58. The summed E-state index contributed by atoms with van der Waals surface area (Å²) in [6.07, 6.45) is 4.92. The Morgan fingerprint density at radius 2 is 1.79 bits per heavy atom. The lowest BCUT2D eigenvalue weighted by atomic mass is 9.97. The molecule has 0 aliphatic carbocycles. The molecule has 0 spiro atoms. The van der Waals surface area contributed by atoms with Crippen LogP contribution in [-0.2, 0) is 0 Å². The summed E-state index contributed by atoms with van der Waals surface area (Å²) in [5.41, 5.74) is 1.45.